The van der Waals surface area contributed by atoms with Gasteiger partial charge in [0, 0.05) is 0 Å². The van der Waals surface area contributed by atoms with Crippen molar-refractivity contribution in [3.05, 3.63) is 0 Å². The van der Waals surface area contributed by atoms with Crippen LogP contribution >= 0.6 is 0 Å². The zero-order valence-corrected chi connectivity index (χ0v) is 14.3. The molecule has 0 bridgehead atoms. The fourth-order valence-electron chi connectivity index (χ4n) is 2.68. The van der Waals surface area contributed by atoms with E-state index in [0.29, 0.717) is 6.42 Å². The van der Waals surface area contributed by atoms with E-state index in [4.69, 9.17) is 13.6 Å². The number of hydrogen-bond donors (Lipinski definition) is 4. The van der Waals surface area contributed by atoms with Crippen LogP contribution in [0.3, 0.4) is 0 Å². The third-order valence-corrected chi connectivity index (χ3v) is 4.26. The fourth-order valence-corrected chi connectivity index (χ4v) is 2.68. The van der Waals surface area contributed by atoms with Gasteiger partial charge >= 0.3 is 0 Å². The van der Waals surface area contributed by atoms with Crippen LogP contribution in [0.1, 0.15) is 93.1 Å². The van der Waals surface area contributed by atoms with Crippen LogP contribution in [0.15, 0.2) is 0 Å². The average Bonchev–Trinajstić information content (AvgIpc) is 2.53. The highest BCUT2D eigenvalue weighted by Crippen LogP contribution is 2.14. The van der Waals surface area contributed by atoms with E-state index in [0.717, 1.165) is 19.3 Å². The lowest BCUT2D eigenvalue weighted by Gasteiger charge is -2.22. The number of unbranched alkanes of at least 4 members (excludes halogenated alkanes) is 11. The van der Waals surface area contributed by atoms with Gasteiger partial charge in [0.15, 0.2) is 0 Å². The molecular weight excluding hydrogens is 278 g/mol. The van der Waals surface area contributed by atoms with Gasteiger partial charge in [-0.3, -0.25) is 0 Å². The standard InChI is InChI=1S/C18H39NO3/c1-2-3-4-5-6-7-8-9-10-11-12-13-14-17(21)18(22)16(19)15-20/h16-18,20-22H,2-15,19H2,1H3/t16-,17+,18+/m0/s1/i15D2. The Kier molecular flexibility index (Phi) is 13.0. The summed E-state index contributed by atoms with van der Waals surface area (Å²) in [4.78, 5) is 0. The minimum absolute atomic E-state index is 0.377. The van der Waals surface area contributed by atoms with Gasteiger partial charge < -0.3 is 21.1 Å². The molecule has 0 aromatic rings. The molecule has 0 fully saturated rings. The Hall–Kier alpha value is -0.160. The van der Waals surface area contributed by atoms with Crippen LogP contribution in [-0.2, 0) is 0 Å². The lowest BCUT2D eigenvalue weighted by atomic mass is 10.00. The molecule has 5 N–H and O–H groups in total. The Morgan fingerprint density at radius 2 is 1.23 bits per heavy atom. The summed E-state index contributed by atoms with van der Waals surface area (Å²) in [6, 6.07) is -1.50. The number of nitrogens with two attached hydrogens (primary N) is 1. The average molecular weight is 320 g/mol. The molecule has 0 rings (SSSR count). The second kappa shape index (κ2) is 15.7. The predicted molar refractivity (Wildman–Crippen MR) is 92.8 cm³/mol. The van der Waals surface area contributed by atoms with Crippen molar-refractivity contribution in [2.45, 2.75) is 109 Å². The second-order valence-corrected chi connectivity index (χ2v) is 6.39. The molecular formula is C18H39NO3. The third kappa shape index (κ3) is 12.4. The van der Waals surface area contributed by atoms with E-state index in [1.807, 2.05) is 0 Å². The van der Waals surface area contributed by atoms with Crippen molar-refractivity contribution in [1.29, 1.82) is 0 Å². The van der Waals surface area contributed by atoms with Gasteiger partial charge in [0.05, 0.1) is 27.6 Å². The molecule has 0 aliphatic heterocycles. The minimum Gasteiger partial charge on any atom is -0.395 e. The summed E-state index contributed by atoms with van der Waals surface area (Å²) in [5.41, 5.74) is 5.40. The van der Waals surface area contributed by atoms with Crippen molar-refractivity contribution >= 4 is 0 Å². The molecule has 0 aliphatic carbocycles. The largest absolute Gasteiger partial charge is 0.395 e. The van der Waals surface area contributed by atoms with Crippen LogP contribution in [0.5, 0.6) is 0 Å². The zero-order chi connectivity index (χ0) is 18.4. The Balaban J connectivity index is 3.47. The lowest BCUT2D eigenvalue weighted by molar-refractivity contribution is -0.0121. The Morgan fingerprint density at radius 3 is 1.64 bits per heavy atom. The van der Waals surface area contributed by atoms with Crippen molar-refractivity contribution < 1.29 is 18.1 Å². The van der Waals surface area contributed by atoms with Crippen LogP contribution in [-0.4, -0.2) is 40.1 Å². The van der Waals surface area contributed by atoms with Crippen molar-refractivity contribution in [3.63, 3.8) is 0 Å². The first kappa shape index (κ1) is 18.2. The van der Waals surface area contributed by atoms with Crippen molar-refractivity contribution in [2.75, 3.05) is 6.56 Å². The third-order valence-electron chi connectivity index (χ3n) is 4.26. The number of rotatable bonds is 16. The summed E-state index contributed by atoms with van der Waals surface area (Å²) in [6.07, 6.45) is 12.5. The molecule has 0 radical (unpaired) electrons. The number of hydrogen-bond acceptors (Lipinski definition) is 4. The minimum atomic E-state index is -2.68. The predicted octanol–water partition coefficient (Wildman–Crippen LogP) is 3.12. The number of aliphatic hydroxyl groups is 3. The Labute approximate surface area is 139 Å². The summed E-state index contributed by atoms with van der Waals surface area (Å²) in [5.74, 6) is 0. The fraction of sp³-hybridized carbons (Fsp3) is 1.00. The molecule has 0 unspecified atom stereocenters. The Morgan fingerprint density at radius 1 is 0.818 bits per heavy atom. The summed E-state index contributed by atoms with van der Waals surface area (Å²) in [7, 11) is 0. The van der Waals surface area contributed by atoms with E-state index >= 15 is 0 Å². The maximum absolute atomic E-state index is 9.81. The molecule has 0 saturated heterocycles. The highest BCUT2D eigenvalue weighted by Gasteiger charge is 2.22. The van der Waals surface area contributed by atoms with E-state index in [2.05, 4.69) is 6.92 Å². The van der Waals surface area contributed by atoms with Gasteiger partial charge in [-0.1, -0.05) is 84.0 Å². The van der Waals surface area contributed by atoms with E-state index in [1.54, 1.807) is 0 Å². The summed E-state index contributed by atoms with van der Waals surface area (Å²) >= 11 is 0. The topological polar surface area (TPSA) is 86.7 Å². The van der Waals surface area contributed by atoms with Crippen LogP contribution in [0, 0.1) is 0 Å². The number of aliphatic hydroxyl groups excluding tert-OH is 2. The van der Waals surface area contributed by atoms with Crippen molar-refractivity contribution in [1.82, 2.24) is 0 Å². The molecule has 4 heteroatoms. The molecule has 0 amide bonds. The summed E-state index contributed by atoms with van der Waals surface area (Å²) < 4.78 is 14.1. The Bertz CT molecular complexity index is 288. The van der Waals surface area contributed by atoms with Gasteiger partial charge in [0.25, 0.3) is 0 Å². The van der Waals surface area contributed by atoms with Crippen LogP contribution in [0.2, 0.25) is 0 Å². The monoisotopic (exact) mass is 319 g/mol. The molecule has 0 saturated carbocycles. The molecule has 0 aromatic heterocycles. The van der Waals surface area contributed by atoms with Crippen molar-refractivity contribution in [2.24, 2.45) is 5.73 Å². The molecule has 3 atom stereocenters. The van der Waals surface area contributed by atoms with E-state index in [-0.39, 0.29) is 0 Å². The van der Waals surface area contributed by atoms with Crippen LogP contribution in [0.4, 0.5) is 0 Å². The molecule has 134 valence electrons. The molecule has 0 aromatic carbocycles. The molecule has 4 nitrogen and oxygen atoms in total. The smallest absolute Gasteiger partial charge is 0.0971 e. The van der Waals surface area contributed by atoms with Crippen molar-refractivity contribution in [3.8, 4) is 0 Å². The van der Waals surface area contributed by atoms with Gasteiger partial charge in [-0.15, -0.1) is 0 Å². The first-order valence-electron chi connectivity index (χ1n) is 10.1. The molecule has 0 heterocycles. The van der Waals surface area contributed by atoms with Gasteiger partial charge in [-0.2, -0.15) is 0 Å². The first-order chi connectivity index (χ1) is 11.3. The SMILES string of the molecule is [2H]C([2H])(O)[C@H](N)[C@@H](O)[C@H](O)CCCCCCCCCCCCCC. The van der Waals surface area contributed by atoms with Gasteiger partial charge in [-0.25, -0.2) is 0 Å². The molecule has 22 heavy (non-hydrogen) atoms. The van der Waals surface area contributed by atoms with Gasteiger partial charge in [0.1, 0.15) is 0 Å². The van der Waals surface area contributed by atoms with Gasteiger partial charge in [-0.05, 0) is 6.42 Å². The van der Waals surface area contributed by atoms with Gasteiger partial charge in [0.2, 0.25) is 0 Å². The van der Waals surface area contributed by atoms with E-state index < -0.39 is 24.8 Å². The quantitative estimate of drug-likeness (QED) is 0.329. The summed E-state index contributed by atoms with van der Waals surface area (Å²) in [5, 5.41) is 28.6. The van der Waals surface area contributed by atoms with E-state index in [9.17, 15) is 10.2 Å². The normalized spacial score (nSPS) is 17.7. The van der Waals surface area contributed by atoms with Crippen LogP contribution < -0.4 is 5.73 Å². The first-order valence-corrected chi connectivity index (χ1v) is 9.14. The molecule has 0 aliphatic rings. The van der Waals surface area contributed by atoms with Crippen LogP contribution in [0.25, 0.3) is 0 Å². The molecule has 0 spiro atoms. The van der Waals surface area contributed by atoms with E-state index in [1.165, 1.54) is 57.8 Å². The second-order valence-electron chi connectivity index (χ2n) is 6.39. The zero-order valence-electron chi connectivity index (χ0n) is 16.3. The highest BCUT2D eigenvalue weighted by atomic mass is 16.3. The lowest BCUT2D eigenvalue weighted by Crippen LogP contribution is -2.45. The maximum atomic E-state index is 9.81. The highest BCUT2D eigenvalue weighted by molar-refractivity contribution is 4.77. The maximum Gasteiger partial charge on any atom is 0.0971 e. The summed E-state index contributed by atoms with van der Waals surface area (Å²) in [6.45, 7) is -0.449.